The van der Waals surface area contributed by atoms with E-state index >= 15 is 0 Å². The highest BCUT2D eigenvalue weighted by molar-refractivity contribution is 7.22. The molecule has 1 atom stereocenters. The molecule has 0 spiro atoms. The Morgan fingerprint density at radius 2 is 1.97 bits per heavy atom. The fourth-order valence-corrected chi connectivity index (χ4v) is 4.98. The topological polar surface area (TPSA) is 68.5 Å². The minimum Gasteiger partial charge on any atom is -0.376 e. The summed E-state index contributed by atoms with van der Waals surface area (Å²) in [6, 6.07) is 15.5. The van der Waals surface area contributed by atoms with Crippen LogP contribution in [-0.4, -0.2) is 35.3 Å². The molecule has 0 bridgehead atoms. The summed E-state index contributed by atoms with van der Waals surface area (Å²) in [5, 5.41) is 4.74. The van der Waals surface area contributed by atoms with E-state index in [-0.39, 0.29) is 17.7 Å². The molecule has 1 amide bonds. The number of anilines is 1. The molecule has 0 saturated carbocycles. The van der Waals surface area contributed by atoms with Gasteiger partial charge in [-0.3, -0.25) is 9.69 Å². The number of nitrogens with zero attached hydrogens (tertiary/aromatic N) is 3. The maximum absolute atomic E-state index is 13.5. The zero-order valence-corrected chi connectivity index (χ0v) is 18.3. The first kappa shape index (κ1) is 19.9. The summed E-state index contributed by atoms with van der Waals surface area (Å²) in [6.07, 6.45) is 1.94. The van der Waals surface area contributed by atoms with Crippen LogP contribution in [0.4, 0.5) is 5.13 Å². The van der Waals surface area contributed by atoms with E-state index in [4.69, 9.17) is 14.2 Å². The molecule has 158 valence electrons. The van der Waals surface area contributed by atoms with E-state index in [1.54, 1.807) is 11.0 Å². The standard InChI is InChI=1S/C24H23N3O3S/c1-15-10-11-16(2)22-21(15)25-24(31-22)27(14-18-9-6-12-29-18)23(28)19-13-20(30-26-19)17-7-4-3-5-8-17/h3-5,7-8,10-11,13,18H,6,9,12,14H2,1-2H3. The van der Waals surface area contributed by atoms with Crippen molar-refractivity contribution in [1.29, 1.82) is 0 Å². The van der Waals surface area contributed by atoms with E-state index in [2.05, 4.69) is 24.2 Å². The van der Waals surface area contributed by atoms with Gasteiger partial charge in [-0.1, -0.05) is 59.0 Å². The van der Waals surface area contributed by atoms with Gasteiger partial charge in [0.2, 0.25) is 0 Å². The van der Waals surface area contributed by atoms with E-state index in [0.717, 1.165) is 46.4 Å². The minimum atomic E-state index is -0.226. The predicted molar refractivity (Wildman–Crippen MR) is 122 cm³/mol. The number of aromatic nitrogens is 2. The molecular formula is C24H23N3O3S. The number of carbonyl (C=O) groups excluding carboxylic acids is 1. The van der Waals surface area contributed by atoms with E-state index in [0.29, 0.717) is 17.4 Å². The Morgan fingerprint density at radius 1 is 1.16 bits per heavy atom. The second-order valence-electron chi connectivity index (χ2n) is 7.87. The van der Waals surface area contributed by atoms with Crippen LogP contribution < -0.4 is 4.90 Å². The number of amides is 1. The van der Waals surface area contributed by atoms with Crippen LogP contribution >= 0.6 is 11.3 Å². The number of benzene rings is 2. The number of aryl methyl sites for hydroxylation is 2. The van der Waals surface area contributed by atoms with Crippen LogP contribution in [0.1, 0.15) is 34.5 Å². The van der Waals surface area contributed by atoms with Crippen molar-refractivity contribution in [2.75, 3.05) is 18.1 Å². The first-order chi connectivity index (χ1) is 15.1. The van der Waals surface area contributed by atoms with E-state index in [1.165, 1.54) is 11.3 Å². The Hall–Kier alpha value is -3.03. The Bertz CT molecular complexity index is 1190. The predicted octanol–water partition coefficient (Wildman–Crippen LogP) is 5.39. The SMILES string of the molecule is Cc1ccc(C)c2sc(N(CC3CCCO3)C(=O)c3cc(-c4ccccc4)on3)nc12. The molecule has 1 aliphatic heterocycles. The highest BCUT2D eigenvalue weighted by Gasteiger charge is 2.29. The van der Waals surface area contributed by atoms with Gasteiger partial charge in [0.05, 0.1) is 22.9 Å². The third-order valence-electron chi connectivity index (χ3n) is 5.60. The second-order valence-corrected chi connectivity index (χ2v) is 8.84. The number of hydrogen-bond donors (Lipinski definition) is 0. The van der Waals surface area contributed by atoms with Crippen molar-refractivity contribution in [3.8, 4) is 11.3 Å². The average Bonchev–Trinajstić information content (AvgIpc) is 3.55. The number of rotatable bonds is 5. The van der Waals surface area contributed by atoms with Crippen LogP contribution in [0.5, 0.6) is 0 Å². The highest BCUT2D eigenvalue weighted by atomic mass is 32.1. The third-order valence-corrected chi connectivity index (χ3v) is 6.82. The number of hydrogen-bond acceptors (Lipinski definition) is 6. The summed E-state index contributed by atoms with van der Waals surface area (Å²) in [7, 11) is 0. The second kappa shape index (κ2) is 8.24. The van der Waals surface area contributed by atoms with Gasteiger partial charge >= 0.3 is 0 Å². The molecular weight excluding hydrogens is 410 g/mol. The maximum atomic E-state index is 13.5. The van der Waals surface area contributed by atoms with Crippen molar-refractivity contribution in [1.82, 2.24) is 10.1 Å². The molecule has 7 heteroatoms. The van der Waals surface area contributed by atoms with Gasteiger partial charge in [0, 0.05) is 18.2 Å². The number of thiazole rings is 1. The third kappa shape index (κ3) is 3.86. The van der Waals surface area contributed by atoms with Gasteiger partial charge < -0.3 is 9.26 Å². The van der Waals surface area contributed by atoms with Gasteiger partial charge in [0.25, 0.3) is 5.91 Å². The normalized spacial score (nSPS) is 16.1. The molecule has 4 aromatic rings. The van der Waals surface area contributed by atoms with Gasteiger partial charge in [0.1, 0.15) is 0 Å². The number of ether oxygens (including phenoxy) is 1. The quantitative estimate of drug-likeness (QED) is 0.422. The number of carbonyl (C=O) groups is 1. The lowest BCUT2D eigenvalue weighted by Gasteiger charge is -2.21. The van der Waals surface area contributed by atoms with E-state index in [9.17, 15) is 4.79 Å². The van der Waals surface area contributed by atoms with Crippen LogP contribution in [0, 0.1) is 13.8 Å². The molecule has 1 saturated heterocycles. The number of fused-ring (bicyclic) bond motifs is 1. The van der Waals surface area contributed by atoms with Gasteiger partial charge in [-0.15, -0.1) is 0 Å². The van der Waals surface area contributed by atoms with Crippen LogP contribution in [0.25, 0.3) is 21.5 Å². The summed E-state index contributed by atoms with van der Waals surface area (Å²) in [6.45, 7) is 5.29. The lowest BCUT2D eigenvalue weighted by molar-refractivity contribution is 0.0910. The molecule has 3 heterocycles. The van der Waals surface area contributed by atoms with Crippen molar-refractivity contribution < 1.29 is 14.1 Å². The fourth-order valence-electron chi connectivity index (χ4n) is 3.86. The molecule has 1 fully saturated rings. The molecule has 2 aromatic carbocycles. The molecule has 2 aromatic heterocycles. The Kier molecular flexibility index (Phi) is 5.29. The zero-order chi connectivity index (χ0) is 21.4. The van der Waals surface area contributed by atoms with Crippen molar-refractivity contribution >= 4 is 32.6 Å². The molecule has 1 aliphatic rings. The molecule has 0 N–H and O–H groups in total. The average molecular weight is 434 g/mol. The van der Waals surface area contributed by atoms with Crippen molar-refractivity contribution in [3.05, 3.63) is 65.4 Å². The van der Waals surface area contributed by atoms with Gasteiger partial charge in [-0.25, -0.2) is 4.98 Å². The first-order valence-electron chi connectivity index (χ1n) is 10.4. The van der Waals surface area contributed by atoms with Crippen LogP contribution in [-0.2, 0) is 4.74 Å². The zero-order valence-electron chi connectivity index (χ0n) is 17.5. The first-order valence-corrected chi connectivity index (χ1v) is 11.2. The molecule has 0 aliphatic carbocycles. The maximum Gasteiger partial charge on any atom is 0.282 e. The highest BCUT2D eigenvalue weighted by Crippen LogP contribution is 2.34. The summed E-state index contributed by atoms with van der Waals surface area (Å²) in [4.78, 5) is 20.1. The Morgan fingerprint density at radius 3 is 2.71 bits per heavy atom. The smallest absolute Gasteiger partial charge is 0.282 e. The lowest BCUT2D eigenvalue weighted by Crippen LogP contribution is -2.37. The van der Waals surface area contributed by atoms with Gasteiger partial charge in [0.15, 0.2) is 16.6 Å². The minimum absolute atomic E-state index is 0.00125. The van der Waals surface area contributed by atoms with Crippen molar-refractivity contribution in [2.24, 2.45) is 0 Å². The molecule has 5 rings (SSSR count). The van der Waals surface area contributed by atoms with E-state index in [1.807, 2.05) is 37.3 Å². The summed E-state index contributed by atoms with van der Waals surface area (Å²) in [5.74, 6) is 0.341. The van der Waals surface area contributed by atoms with Gasteiger partial charge in [-0.2, -0.15) is 0 Å². The summed E-state index contributed by atoms with van der Waals surface area (Å²) < 4.78 is 12.4. The molecule has 1 unspecified atom stereocenters. The Labute approximate surface area is 184 Å². The lowest BCUT2D eigenvalue weighted by atomic mass is 10.1. The van der Waals surface area contributed by atoms with Crippen LogP contribution in [0.3, 0.4) is 0 Å². The van der Waals surface area contributed by atoms with Crippen molar-refractivity contribution in [2.45, 2.75) is 32.8 Å². The van der Waals surface area contributed by atoms with Crippen LogP contribution in [0.15, 0.2) is 53.1 Å². The van der Waals surface area contributed by atoms with Gasteiger partial charge in [-0.05, 0) is 37.8 Å². The summed E-state index contributed by atoms with van der Waals surface area (Å²) in [5.41, 5.74) is 4.34. The van der Waals surface area contributed by atoms with E-state index < -0.39 is 0 Å². The summed E-state index contributed by atoms with van der Waals surface area (Å²) >= 11 is 1.54. The monoisotopic (exact) mass is 433 g/mol. The molecule has 6 nitrogen and oxygen atoms in total. The largest absolute Gasteiger partial charge is 0.376 e. The van der Waals surface area contributed by atoms with Crippen LogP contribution in [0.2, 0.25) is 0 Å². The molecule has 31 heavy (non-hydrogen) atoms. The fraction of sp³-hybridized carbons (Fsp3) is 0.292. The van der Waals surface area contributed by atoms with Crippen molar-refractivity contribution in [3.63, 3.8) is 0 Å². The molecule has 0 radical (unpaired) electrons. The Balaban J connectivity index is 1.52.